The van der Waals surface area contributed by atoms with Crippen molar-refractivity contribution in [3.05, 3.63) is 58.8 Å². The zero-order chi connectivity index (χ0) is 18.7. The number of carbonyl (C=O) groups excluding carboxylic acids is 1. The Morgan fingerprint density at radius 1 is 1.04 bits per heavy atom. The molecule has 0 saturated carbocycles. The van der Waals surface area contributed by atoms with Crippen molar-refractivity contribution in [1.29, 1.82) is 0 Å². The lowest BCUT2D eigenvalue weighted by Gasteiger charge is -2.15. The number of hydrogen-bond acceptors (Lipinski definition) is 6. The number of ether oxygens (including phenoxy) is 3. The minimum atomic E-state index is -0.957. The van der Waals surface area contributed by atoms with Gasteiger partial charge < -0.3 is 18.6 Å². The molecule has 2 aromatic carbocycles. The molecule has 1 unspecified atom stereocenters. The first-order valence-electron chi connectivity index (χ1n) is 8.00. The van der Waals surface area contributed by atoms with Gasteiger partial charge in [-0.25, -0.2) is 4.79 Å². The Kier molecular flexibility index (Phi) is 4.93. The fourth-order valence-electron chi connectivity index (χ4n) is 2.56. The van der Waals surface area contributed by atoms with Gasteiger partial charge in [0, 0.05) is 5.56 Å². The van der Waals surface area contributed by atoms with Crippen LogP contribution >= 0.6 is 0 Å². The lowest BCUT2D eigenvalue weighted by molar-refractivity contribution is -0.147. The highest BCUT2D eigenvalue weighted by Gasteiger charge is 2.23. The molecule has 0 aliphatic rings. The summed E-state index contributed by atoms with van der Waals surface area (Å²) < 4.78 is 21.4. The fourth-order valence-corrected chi connectivity index (χ4v) is 2.56. The average molecular weight is 354 g/mol. The van der Waals surface area contributed by atoms with Gasteiger partial charge in [0.05, 0.1) is 19.6 Å². The summed E-state index contributed by atoms with van der Waals surface area (Å²) in [5.41, 5.74) is 0.704. The highest BCUT2D eigenvalue weighted by atomic mass is 16.6. The molecule has 0 bridgehead atoms. The molecule has 0 amide bonds. The van der Waals surface area contributed by atoms with E-state index in [0.717, 1.165) is 0 Å². The van der Waals surface area contributed by atoms with Gasteiger partial charge in [0.25, 0.3) is 0 Å². The molecule has 6 nitrogen and oxygen atoms in total. The Labute approximate surface area is 149 Å². The minimum absolute atomic E-state index is 0.0354. The number of benzene rings is 2. The van der Waals surface area contributed by atoms with Crippen molar-refractivity contribution in [2.24, 2.45) is 0 Å². The van der Waals surface area contributed by atoms with Gasteiger partial charge in [0.15, 0.2) is 11.9 Å². The SMILES string of the molecule is COC(=O)C(C)Oc1c(-c2ccc(OC)cc2)oc2ccccc2c1=O. The quantitative estimate of drug-likeness (QED) is 0.654. The summed E-state index contributed by atoms with van der Waals surface area (Å²) >= 11 is 0. The van der Waals surface area contributed by atoms with E-state index < -0.39 is 12.1 Å². The Morgan fingerprint density at radius 3 is 2.38 bits per heavy atom. The summed E-state index contributed by atoms with van der Waals surface area (Å²) in [7, 11) is 2.83. The van der Waals surface area contributed by atoms with Crippen molar-refractivity contribution in [1.82, 2.24) is 0 Å². The fraction of sp³-hybridized carbons (Fsp3) is 0.200. The molecular weight excluding hydrogens is 336 g/mol. The number of para-hydroxylation sites is 1. The smallest absolute Gasteiger partial charge is 0.346 e. The number of rotatable bonds is 5. The van der Waals surface area contributed by atoms with E-state index in [-0.39, 0.29) is 16.9 Å². The zero-order valence-electron chi connectivity index (χ0n) is 14.6. The lowest BCUT2D eigenvalue weighted by atomic mass is 10.1. The van der Waals surface area contributed by atoms with E-state index in [0.29, 0.717) is 22.3 Å². The van der Waals surface area contributed by atoms with Crippen LogP contribution in [0.4, 0.5) is 0 Å². The third-order valence-corrected chi connectivity index (χ3v) is 3.94. The molecule has 26 heavy (non-hydrogen) atoms. The summed E-state index contributed by atoms with van der Waals surface area (Å²) in [6, 6.07) is 13.9. The highest BCUT2D eigenvalue weighted by molar-refractivity contribution is 5.82. The van der Waals surface area contributed by atoms with Crippen molar-refractivity contribution < 1.29 is 23.4 Å². The van der Waals surface area contributed by atoms with Crippen LogP contribution in [0.25, 0.3) is 22.3 Å². The van der Waals surface area contributed by atoms with E-state index in [2.05, 4.69) is 4.74 Å². The van der Waals surface area contributed by atoms with Crippen LogP contribution in [0.1, 0.15) is 6.92 Å². The number of hydrogen-bond donors (Lipinski definition) is 0. The molecule has 3 rings (SSSR count). The molecule has 1 atom stereocenters. The largest absolute Gasteiger partial charge is 0.497 e. The predicted octanol–water partition coefficient (Wildman–Crippen LogP) is 3.41. The van der Waals surface area contributed by atoms with Crippen molar-refractivity contribution in [2.45, 2.75) is 13.0 Å². The van der Waals surface area contributed by atoms with E-state index in [4.69, 9.17) is 13.9 Å². The van der Waals surface area contributed by atoms with Gasteiger partial charge in [-0.3, -0.25) is 4.79 Å². The first-order chi connectivity index (χ1) is 12.5. The summed E-state index contributed by atoms with van der Waals surface area (Å²) in [4.78, 5) is 24.7. The molecular formula is C20H18O6. The molecule has 134 valence electrons. The molecule has 6 heteroatoms. The molecule has 0 aliphatic heterocycles. The molecule has 0 radical (unpaired) electrons. The lowest BCUT2D eigenvalue weighted by Crippen LogP contribution is -2.27. The first-order valence-corrected chi connectivity index (χ1v) is 8.00. The van der Waals surface area contributed by atoms with E-state index >= 15 is 0 Å². The number of fused-ring (bicyclic) bond motifs is 1. The highest BCUT2D eigenvalue weighted by Crippen LogP contribution is 2.32. The molecule has 0 N–H and O–H groups in total. The van der Waals surface area contributed by atoms with Crippen LogP contribution < -0.4 is 14.9 Å². The van der Waals surface area contributed by atoms with Crippen LogP contribution in [-0.4, -0.2) is 26.3 Å². The summed E-state index contributed by atoms with van der Waals surface area (Å²) in [5, 5.41) is 0.372. The monoisotopic (exact) mass is 354 g/mol. The van der Waals surface area contributed by atoms with Crippen LogP contribution in [0.2, 0.25) is 0 Å². The Balaban J connectivity index is 2.19. The molecule has 0 fully saturated rings. The number of carbonyl (C=O) groups is 1. The van der Waals surface area contributed by atoms with Gasteiger partial charge in [-0.15, -0.1) is 0 Å². The van der Waals surface area contributed by atoms with Gasteiger partial charge in [-0.05, 0) is 43.3 Å². The van der Waals surface area contributed by atoms with Gasteiger partial charge >= 0.3 is 5.97 Å². The third kappa shape index (κ3) is 3.26. The molecule has 0 spiro atoms. The molecule has 1 heterocycles. The second-order valence-corrected chi connectivity index (χ2v) is 5.60. The van der Waals surface area contributed by atoms with Crippen molar-refractivity contribution in [3.8, 4) is 22.8 Å². The number of methoxy groups -OCH3 is 2. The molecule has 0 saturated heterocycles. The maximum absolute atomic E-state index is 12.9. The standard InChI is InChI=1S/C20H18O6/c1-12(20(22)24-3)25-19-17(21)15-6-4-5-7-16(15)26-18(19)13-8-10-14(23-2)11-9-13/h4-12H,1-3H3. The normalized spacial score (nSPS) is 11.8. The Bertz CT molecular complexity index is 987. The van der Waals surface area contributed by atoms with Gasteiger partial charge in [0.1, 0.15) is 11.3 Å². The van der Waals surface area contributed by atoms with E-state index in [9.17, 15) is 9.59 Å². The molecule has 1 aromatic heterocycles. The Morgan fingerprint density at radius 2 is 1.73 bits per heavy atom. The molecule has 3 aromatic rings. The third-order valence-electron chi connectivity index (χ3n) is 3.94. The maximum Gasteiger partial charge on any atom is 0.346 e. The second-order valence-electron chi connectivity index (χ2n) is 5.60. The Hall–Kier alpha value is -3.28. The topological polar surface area (TPSA) is 75.0 Å². The summed E-state index contributed by atoms with van der Waals surface area (Å²) in [6.45, 7) is 1.51. The zero-order valence-corrected chi connectivity index (χ0v) is 14.6. The van der Waals surface area contributed by atoms with E-state index in [1.165, 1.54) is 14.0 Å². The van der Waals surface area contributed by atoms with Crippen LogP contribution in [0.3, 0.4) is 0 Å². The van der Waals surface area contributed by atoms with Crippen molar-refractivity contribution >= 4 is 16.9 Å². The van der Waals surface area contributed by atoms with Gasteiger partial charge in [-0.2, -0.15) is 0 Å². The van der Waals surface area contributed by atoms with E-state index in [1.54, 1.807) is 55.6 Å². The number of esters is 1. The summed E-state index contributed by atoms with van der Waals surface area (Å²) in [6.07, 6.45) is -0.957. The van der Waals surface area contributed by atoms with Crippen molar-refractivity contribution in [3.63, 3.8) is 0 Å². The second kappa shape index (κ2) is 7.31. The van der Waals surface area contributed by atoms with Crippen LogP contribution in [-0.2, 0) is 9.53 Å². The predicted molar refractivity (Wildman–Crippen MR) is 96.6 cm³/mol. The van der Waals surface area contributed by atoms with E-state index in [1.807, 2.05) is 0 Å². The summed E-state index contributed by atoms with van der Waals surface area (Å²) in [5.74, 6) is 0.291. The van der Waals surface area contributed by atoms with Crippen molar-refractivity contribution in [2.75, 3.05) is 14.2 Å². The van der Waals surface area contributed by atoms with Gasteiger partial charge in [0.2, 0.25) is 11.2 Å². The minimum Gasteiger partial charge on any atom is -0.497 e. The van der Waals surface area contributed by atoms with Gasteiger partial charge in [-0.1, -0.05) is 12.1 Å². The maximum atomic E-state index is 12.9. The molecule has 0 aliphatic carbocycles. The van der Waals surface area contributed by atoms with Crippen LogP contribution in [0.15, 0.2) is 57.7 Å². The van der Waals surface area contributed by atoms with Crippen LogP contribution in [0.5, 0.6) is 11.5 Å². The average Bonchev–Trinajstić information content (AvgIpc) is 2.69. The van der Waals surface area contributed by atoms with Crippen LogP contribution in [0, 0.1) is 0 Å². The first kappa shape index (κ1) is 17.5.